The van der Waals surface area contributed by atoms with Gasteiger partial charge in [-0.05, 0) is 49.6 Å². The first-order valence-electron chi connectivity index (χ1n) is 10.1. The number of benzene rings is 2. The number of para-hydroxylation sites is 1. The van der Waals surface area contributed by atoms with Gasteiger partial charge in [0.05, 0.1) is 10.2 Å². The summed E-state index contributed by atoms with van der Waals surface area (Å²) in [5.41, 5.74) is 1.11. The van der Waals surface area contributed by atoms with E-state index in [9.17, 15) is 0 Å². The van der Waals surface area contributed by atoms with Crippen LogP contribution < -0.4 is 19.7 Å². The zero-order valence-corrected chi connectivity index (χ0v) is 20.2. The van der Waals surface area contributed by atoms with Gasteiger partial charge < -0.3 is 19.7 Å². The minimum atomic E-state index is 0. The highest BCUT2D eigenvalue weighted by atomic mass is 35.5. The molecule has 1 N–H and O–H groups in total. The molecule has 168 valence electrons. The van der Waals surface area contributed by atoms with E-state index in [1.807, 2.05) is 18.2 Å². The number of halogens is 3. The summed E-state index contributed by atoms with van der Waals surface area (Å²) >= 11 is 7.85. The van der Waals surface area contributed by atoms with Crippen molar-refractivity contribution in [2.45, 2.75) is 18.9 Å². The monoisotopic (exact) mass is 501 g/mol. The molecule has 1 unspecified atom stereocenters. The van der Waals surface area contributed by atoms with Crippen LogP contribution in [0.3, 0.4) is 0 Å². The van der Waals surface area contributed by atoms with Crippen molar-refractivity contribution in [2.75, 3.05) is 37.7 Å². The number of fused-ring (bicyclic) bond motifs is 2. The van der Waals surface area contributed by atoms with Gasteiger partial charge >= 0.3 is 0 Å². The van der Waals surface area contributed by atoms with Crippen molar-refractivity contribution in [3.05, 3.63) is 47.5 Å². The van der Waals surface area contributed by atoms with Gasteiger partial charge in [0, 0.05) is 30.7 Å². The Hall–Kier alpha value is -1.44. The minimum Gasteiger partial charge on any atom is -0.486 e. The molecule has 0 saturated carbocycles. The number of hydrogen-bond acceptors (Lipinski definition) is 6. The molecule has 5 nitrogen and oxygen atoms in total. The average molecular weight is 503 g/mol. The third-order valence-corrected chi connectivity index (χ3v) is 6.93. The third-order valence-electron chi connectivity index (χ3n) is 5.60. The van der Waals surface area contributed by atoms with E-state index in [0.29, 0.717) is 17.5 Å². The number of ether oxygens (including phenoxy) is 2. The number of rotatable bonds is 5. The lowest BCUT2D eigenvalue weighted by molar-refractivity contribution is 0.0894. The van der Waals surface area contributed by atoms with Crippen molar-refractivity contribution in [3.63, 3.8) is 0 Å². The summed E-state index contributed by atoms with van der Waals surface area (Å²) in [6.45, 7) is 4.50. The minimum absolute atomic E-state index is 0. The predicted molar refractivity (Wildman–Crippen MR) is 133 cm³/mol. The second kappa shape index (κ2) is 10.9. The molecular weight excluding hydrogens is 477 g/mol. The normalized spacial score (nSPS) is 18.4. The van der Waals surface area contributed by atoms with E-state index < -0.39 is 0 Å². The lowest BCUT2D eigenvalue weighted by Gasteiger charge is -2.32. The number of piperidine rings is 1. The lowest BCUT2D eigenvalue weighted by Crippen LogP contribution is -2.42. The van der Waals surface area contributed by atoms with Crippen LogP contribution in [-0.2, 0) is 0 Å². The SMILES string of the molecule is Cl.Cl.Clc1ccc2c(c1)OC(CNCC1CCN(c3nc4ccccc4s3)CC1)CO2. The zero-order chi connectivity index (χ0) is 19.6. The summed E-state index contributed by atoms with van der Waals surface area (Å²) in [7, 11) is 0. The number of nitrogens with zero attached hydrogens (tertiary/aromatic N) is 2. The van der Waals surface area contributed by atoms with Gasteiger partial charge in [-0.25, -0.2) is 4.98 Å². The number of nitrogens with one attached hydrogen (secondary N) is 1. The Bertz CT molecular complexity index is 962. The Balaban J connectivity index is 0.00000136. The second-order valence-corrected chi connectivity index (χ2v) is 9.14. The molecule has 1 aromatic heterocycles. The van der Waals surface area contributed by atoms with Gasteiger partial charge in [-0.15, -0.1) is 24.8 Å². The smallest absolute Gasteiger partial charge is 0.186 e. The molecule has 0 amide bonds. The molecule has 3 heterocycles. The number of aromatic nitrogens is 1. The fourth-order valence-corrected chi connectivity index (χ4v) is 5.14. The molecule has 1 fully saturated rings. The van der Waals surface area contributed by atoms with E-state index in [1.165, 1.54) is 17.5 Å². The van der Waals surface area contributed by atoms with Gasteiger partial charge in [0.25, 0.3) is 0 Å². The molecule has 5 rings (SSSR count). The van der Waals surface area contributed by atoms with Crippen LogP contribution in [0.15, 0.2) is 42.5 Å². The summed E-state index contributed by atoms with van der Waals surface area (Å²) in [6, 6.07) is 13.9. The first-order valence-corrected chi connectivity index (χ1v) is 11.3. The van der Waals surface area contributed by atoms with Gasteiger partial charge in [0.1, 0.15) is 12.7 Å². The molecule has 2 aromatic carbocycles. The van der Waals surface area contributed by atoms with E-state index >= 15 is 0 Å². The zero-order valence-electron chi connectivity index (χ0n) is 17.0. The molecule has 1 saturated heterocycles. The Morgan fingerprint density at radius 2 is 1.87 bits per heavy atom. The van der Waals surface area contributed by atoms with Crippen molar-refractivity contribution in [3.8, 4) is 11.5 Å². The second-order valence-electron chi connectivity index (χ2n) is 7.69. The van der Waals surface area contributed by atoms with Gasteiger partial charge in [-0.2, -0.15) is 0 Å². The summed E-state index contributed by atoms with van der Waals surface area (Å²) in [6.07, 6.45) is 2.39. The quantitative estimate of drug-likeness (QED) is 0.503. The number of anilines is 1. The van der Waals surface area contributed by atoms with Gasteiger partial charge in [0.15, 0.2) is 16.6 Å². The molecule has 9 heteroatoms. The van der Waals surface area contributed by atoms with Crippen LogP contribution in [0.25, 0.3) is 10.2 Å². The molecule has 31 heavy (non-hydrogen) atoms. The molecule has 0 spiro atoms. The van der Waals surface area contributed by atoms with E-state index in [0.717, 1.165) is 48.3 Å². The highest BCUT2D eigenvalue weighted by Gasteiger charge is 2.24. The molecule has 3 aromatic rings. The molecule has 1 atom stereocenters. The molecule has 0 radical (unpaired) electrons. The van der Waals surface area contributed by atoms with E-state index in [4.69, 9.17) is 26.1 Å². The van der Waals surface area contributed by atoms with Crippen LogP contribution in [-0.4, -0.2) is 43.9 Å². The van der Waals surface area contributed by atoms with Crippen LogP contribution in [0, 0.1) is 5.92 Å². The standard InChI is InChI=1S/C22H24ClN3O2S.2ClH/c23-16-5-6-19-20(11-16)28-17(14-27-19)13-24-12-15-7-9-26(10-8-15)22-25-18-3-1-2-4-21(18)29-22;;/h1-6,11,15,17,24H,7-10,12-14H2;2*1H. The van der Waals surface area contributed by atoms with Gasteiger partial charge in [0.2, 0.25) is 0 Å². The van der Waals surface area contributed by atoms with Crippen molar-refractivity contribution >= 4 is 63.1 Å². The Morgan fingerprint density at radius 3 is 2.68 bits per heavy atom. The fraction of sp³-hybridized carbons (Fsp3) is 0.409. The fourth-order valence-electron chi connectivity index (χ4n) is 3.96. The molecular formula is C22H26Cl3N3O2S. The van der Waals surface area contributed by atoms with Gasteiger partial charge in [-0.3, -0.25) is 0 Å². The Kier molecular flexibility index (Phi) is 8.53. The maximum absolute atomic E-state index is 6.05. The topological polar surface area (TPSA) is 46.6 Å². The van der Waals surface area contributed by atoms with Crippen LogP contribution in [0.5, 0.6) is 11.5 Å². The number of thiazole rings is 1. The largest absolute Gasteiger partial charge is 0.486 e. The molecule has 2 aliphatic rings. The summed E-state index contributed by atoms with van der Waals surface area (Å²) in [5.74, 6) is 2.19. The Morgan fingerprint density at radius 1 is 1.06 bits per heavy atom. The van der Waals surface area contributed by atoms with E-state index in [2.05, 4.69) is 34.5 Å². The van der Waals surface area contributed by atoms with Crippen LogP contribution in [0.4, 0.5) is 5.13 Å². The molecule has 0 bridgehead atoms. The summed E-state index contributed by atoms with van der Waals surface area (Å²) in [5, 5.41) is 5.40. The van der Waals surface area contributed by atoms with Crippen molar-refractivity contribution < 1.29 is 9.47 Å². The highest BCUT2D eigenvalue weighted by Crippen LogP contribution is 2.34. The number of hydrogen-bond donors (Lipinski definition) is 1. The van der Waals surface area contributed by atoms with Crippen LogP contribution >= 0.6 is 47.8 Å². The van der Waals surface area contributed by atoms with Crippen LogP contribution in [0.1, 0.15) is 12.8 Å². The van der Waals surface area contributed by atoms with E-state index in [-0.39, 0.29) is 30.9 Å². The van der Waals surface area contributed by atoms with E-state index in [1.54, 1.807) is 11.3 Å². The van der Waals surface area contributed by atoms with Crippen LogP contribution in [0.2, 0.25) is 5.02 Å². The first kappa shape index (κ1) is 24.2. The highest BCUT2D eigenvalue weighted by molar-refractivity contribution is 7.22. The third kappa shape index (κ3) is 5.68. The summed E-state index contributed by atoms with van der Waals surface area (Å²) < 4.78 is 13.1. The van der Waals surface area contributed by atoms with Crippen molar-refractivity contribution in [1.29, 1.82) is 0 Å². The predicted octanol–water partition coefficient (Wildman–Crippen LogP) is 5.44. The van der Waals surface area contributed by atoms with Crippen molar-refractivity contribution in [2.24, 2.45) is 5.92 Å². The maximum Gasteiger partial charge on any atom is 0.186 e. The summed E-state index contributed by atoms with van der Waals surface area (Å²) in [4.78, 5) is 7.23. The maximum atomic E-state index is 6.05. The lowest BCUT2D eigenvalue weighted by atomic mass is 9.97. The molecule has 0 aliphatic carbocycles. The van der Waals surface area contributed by atoms with Gasteiger partial charge in [-0.1, -0.05) is 35.1 Å². The van der Waals surface area contributed by atoms with Crippen molar-refractivity contribution in [1.82, 2.24) is 10.3 Å². The average Bonchev–Trinajstić information content (AvgIpc) is 3.18. The Labute approximate surface area is 203 Å². The first-order chi connectivity index (χ1) is 14.2. The molecule has 2 aliphatic heterocycles.